The van der Waals surface area contributed by atoms with E-state index in [-0.39, 0.29) is 5.82 Å². The summed E-state index contributed by atoms with van der Waals surface area (Å²) in [6.07, 6.45) is 1.87. The predicted octanol–water partition coefficient (Wildman–Crippen LogP) is 4.98. The number of aromatic amines is 1. The van der Waals surface area contributed by atoms with Gasteiger partial charge in [-0.1, -0.05) is 23.2 Å². The fourth-order valence-corrected chi connectivity index (χ4v) is 3.30. The molecule has 4 nitrogen and oxygen atoms in total. The molecule has 0 saturated heterocycles. The van der Waals surface area contributed by atoms with Crippen molar-refractivity contribution >= 4 is 23.2 Å². The highest BCUT2D eigenvalue weighted by Crippen LogP contribution is 2.19. The van der Waals surface area contributed by atoms with Crippen molar-refractivity contribution in [3.63, 3.8) is 0 Å². The maximum absolute atomic E-state index is 13.0. The fraction of sp³-hybridized carbons (Fsp3) is 0.263. The van der Waals surface area contributed by atoms with Gasteiger partial charge in [-0.3, -0.25) is 5.10 Å². The van der Waals surface area contributed by atoms with Crippen LogP contribution in [-0.2, 0) is 13.0 Å². The lowest BCUT2D eigenvalue weighted by Crippen LogP contribution is -2.19. The number of halogens is 3. The summed E-state index contributed by atoms with van der Waals surface area (Å²) in [7, 11) is 2.05. The molecule has 1 aromatic carbocycles. The zero-order valence-corrected chi connectivity index (χ0v) is 15.9. The summed E-state index contributed by atoms with van der Waals surface area (Å²) < 4.78 is 13.0. The second kappa shape index (κ2) is 8.62. The first-order chi connectivity index (χ1) is 12.5. The van der Waals surface area contributed by atoms with Crippen LogP contribution in [0.4, 0.5) is 4.39 Å². The van der Waals surface area contributed by atoms with Crippen molar-refractivity contribution < 1.29 is 4.39 Å². The Balaban J connectivity index is 1.49. The molecule has 0 aliphatic rings. The molecular weight excluding hydrogens is 374 g/mol. The molecule has 0 amide bonds. The Morgan fingerprint density at radius 2 is 1.77 bits per heavy atom. The van der Waals surface area contributed by atoms with E-state index in [0.29, 0.717) is 10.3 Å². The number of benzene rings is 1. The number of hydrogen-bond acceptors (Lipinski definition) is 3. The van der Waals surface area contributed by atoms with Crippen LogP contribution in [0.5, 0.6) is 0 Å². The molecule has 136 valence electrons. The average Bonchev–Trinajstić information content (AvgIpc) is 3.03. The maximum atomic E-state index is 13.0. The van der Waals surface area contributed by atoms with Crippen molar-refractivity contribution in [2.24, 2.45) is 0 Å². The van der Waals surface area contributed by atoms with Crippen LogP contribution in [0.25, 0.3) is 11.3 Å². The summed E-state index contributed by atoms with van der Waals surface area (Å²) in [5, 5.41) is 8.17. The quantitative estimate of drug-likeness (QED) is 0.576. The van der Waals surface area contributed by atoms with Crippen LogP contribution in [0.3, 0.4) is 0 Å². The molecule has 26 heavy (non-hydrogen) atoms. The summed E-state index contributed by atoms with van der Waals surface area (Å²) in [4.78, 5) is 6.16. The Bertz CT molecular complexity index is 844. The van der Waals surface area contributed by atoms with Gasteiger partial charge in [-0.05, 0) is 74.5 Å². The summed E-state index contributed by atoms with van der Waals surface area (Å²) in [6, 6.07) is 12.0. The lowest BCUT2D eigenvalue weighted by molar-refractivity contribution is 0.321. The van der Waals surface area contributed by atoms with E-state index in [2.05, 4.69) is 27.1 Å². The molecule has 0 aliphatic carbocycles. The van der Waals surface area contributed by atoms with Gasteiger partial charge in [0.1, 0.15) is 16.1 Å². The van der Waals surface area contributed by atoms with E-state index >= 15 is 0 Å². The SMILES string of the molecule is CN(CCCc1cc(-c2ccc(F)cc2)n[nH]1)Cc1cc(Cl)nc(Cl)c1. The molecule has 0 spiro atoms. The lowest BCUT2D eigenvalue weighted by Gasteiger charge is -2.16. The molecule has 1 N–H and O–H groups in total. The van der Waals surface area contributed by atoms with Crippen molar-refractivity contribution in [1.29, 1.82) is 0 Å². The third kappa shape index (κ3) is 5.27. The van der Waals surface area contributed by atoms with Crippen LogP contribution in [0.1, 0.15) is 17.7 Å². The van der Waals surface area contributed by atoms with Gasteiger partial charge in [-0.25, -0.2) is 9.37 Å². The van der Waals surface area contributed by atoms with Crippen LogP contribution in [0, 0.1) is 5.82 Å². The smallest absolute Gasteiger partial charge is 0.131 e. The molecule has 0 bridgehead atoms. The molecular formula is C19H19Cl2FN4. The molecule has 7 heteroatoms. The standard InChI is InChI=1S/C19H19Cl2FN4/c1-26(12-13-9-18(20)23-19(21)10-13)8-2-3-16-11-17(25-24-16)14-4-6-15(22)7-5-14/h4-7,9-11H,2-3,8,12H2,1H3,(H,24,25). The van der Waals surface area contributed by atoms with E-state index in [1.807, 2.05) is 18.2 Å². The van der Waals surface area contributed by atoms with E-state index in [4.69, 9.17) is 23.2 Å². The summed E-state index contributed by atoms with van der Waals surface area (Å²) in [5.74, 6) is -0.246. The zero-order chi connectivity index (χ0) is 18.5. The van der Waals surface area contributed by atoms with Crippen LogP contribution in [0.2, 0.25) is 10.3 Å². The largest absolute Gasteiger partial charge is 0.302 e. The highest BCUT2D eigenvalue weighted by molar-refractivity contribution is 6.32. The van der Waals surface area contributed by atoms with E-state index in [0.717, 1.165) is 48.4 Å². The Labute approximate surface area is 162 Å². The number of H-pyrrole nitrogens is 1. The normalized spacial score (nSPS) is 11.3. The number of aromatic nitrogens is 3. The highest BCUT2D eigenvalue weighted by atomic mass is 35.5. The van der Waals surface area contributed by atoms with Crippen molar-refractivity contribution in [2.45, 2.75) is 19.4 Å². The first kappa shape index (κ1) is 18.8. The minimum atomic E-state index is -0.246. The van der Waals surface area contributed by atoms with E-state index in [1.165, 1.54) is 12.1 Å². The Morgan fingerprint density at radius 3 is 2.46 bits per heavy atom. The number of rotatable bonds is 7. The molecule has 3 aromatic rings. The second-order valence-electron chi connectivity index (χ2n) is 6.25. The first-order valence-electron chi connectivity index (χ1n) is 8.30. The van der Waals surface area contributed by atoms with Gasteiger partial charge in [0.05, 0.1) is 5.69 Å². The van der Waals surface area contributed by atoms with E-state index < -0.39 is 0 Å². The molecule has 0 aliphatic heterocycles. The highest BCUT2D eigenvalue weighted by Gasteiger charge is 2.07. The minimum absolute atomic E-state index is 0.246. The second-order valence-corrected chi connectivity index (χ2v) is 7.02. The molecule has 3 rings (SSSR count). The lowest BCUT2D eigenvalue weighted by atomic mass is 10.1. The molecule has 0 fully saturated rings. The van der Waals surface area contributed by atoms with Gasteiger partial charge in [-0.2, -0.15) is 5.10 Å². The molecule has 0 atom stereocenters. The van der Waals surface area contributed by atoms with E-state index in [1.54, 1.807) is 12.1 Å². The molecule has 2 aromatic heterocycles. The summed E-state index contributed by atoms with van der Waals surface area (Å²) in [6.45, 7) is 1.67. The van der Waals surface area contributed by atoms with Gasteiger partial charge in [0.2, 0.25) is 0 Å². The van der Waals surface area contributed by atoms with Crippen molar-refractivity contribution in [1.82, 2.24) is 20.1 Å². The van der Waals surface area contributed by atoms with Crippen molar-refractivity contribution in [3.8, 4) is 11.3 Å². The van der Waals surface area contributed by atoms with Gasteiger partial charge in [0.25, 0.3) is 0 Å². The number of pyridine rings is 1. The zero-order valence-electron chi connectivity index (χ0n) is 14.3. The summed E-state index contributed by atoms with van der Waals surface area (Å²) in [5.41, 5.74) is 3.83. The maximum Gasteiger partial charge on any atom is 0.131 e. The predicted molar refractivity (Wildman–Crippen MR) is 103 cm³/mol. The fourth-order valence-electron chi connectivity index (χ4n) is 2.79. The number of aryl methyl sites for hydroxylation is 1. The van der Waals surface area contributed by atoms with Gasteiger partial charge in [0.15, 0.2) is 0 Å². The average molecular weight is 393 g/mol. The topological polar surface area (TPSA) is 44.8 Å². The third-order valence-electron chi connectivity index (χ3n) is 4.03. The van der Waals surface area contributed by atoms with Gasteiger partial charge in [0, 0.05) is 17.8 Å². The van der Waals surface area contributed by atoms with Crippen LogP contribution >= 0.6 is 23.2 Å². The Morgan fingerprint density at radius 1 is 1.08 bits per heavy atom. The van der Waals surface area contributed by atoms with E-state index in [9.17, 15) is 4.39 Å². The number of hydrogen-bond donors (Lipinski definition) is 1. The molecule has 2 heterocycles. The molecule has 0 unspecified atom stereocenters. The number of nitrogens with one attached hydrogen (secondary N) is 1. The minimum Gasteiger partial charge on any atom is -0.302 e. The Hall–Kier alpha value is -1.95. The third-order valence-corrected chi connectivity index (χ3v) is 4.42. The van der Waals surface area contributed by atoms with Crippen molar-refractivity contribution in [2.75, 3.05) is 13.6 Å². The monoisotopic (exact) mass is 392 g/mol. The van der Waals surface area contributed by atoms with Gasteiger partial charge in [-0.15, -0.1) is 0 Å². The number of nitrogens with zero attached hydrogens (tertiary/aromatic N) is 3. The van der Waals surface area contributed by atoms with Crippen LogP contribution in [0.15, 0.2) is 42.5 Å². The van der Waals surface area contributed by atoms with Crippen molar-refractivity contribution in [3.05, 3.63) is 69.8 Å². The first-order valence-corrected chi connectivity index (χ1v) is 9.06. The van der Waals surface area contributed by atoms with Crippen LogP contribution in [-0.4, -0.2) is 33.7 Å². The molecule has 0 saturated carbocycles. The Kier molecular flexibility index (Phi) is 6.25. The summed E-state index contributed by atoms with van der Waals surface area (Å²) >= 11 is 11.9. The molecule has 0 radical (unpaired) electrons. The van der Waals surface area contributed by atoms with Gasteiger partial charge >= 0.3 is 0 Å². The van der Waals surface area contributed by atoms with Crippen LogP contribution < -0.4 is 0 Å². The van der Waals surface area contributed by atoms with Gasteiger partial charge < -0.3 is 4.90 Å².